The lowest BCUT2D eigenvalue weighted by Crippen LogP contribution is -2.09. The largest absolute Gasteiger partial charge is 0.493 e. The number of alkyl halides is 4. The molecule has 1 heterocycles. The van der Waals surface area contributed by atoms with Crippen LogP contribution in [0, 0.1) is 0 Å². The van der Waals surface area contributed by atoms with Gasteiger partial charge < -0.3 is 24.3 Å². The molecule has 2 aromatic carbocycles. The lowest BCUT2D eigenvalue weighted by molar-refractivity contribution is -0.111. The van der Waals surface area contributed by atoms with Crippen LogP contribution < -0.4 is 24.3 Å². The molecule has 0 aliphatic heterocycles. The number of methoxy groups -OCH3 is 1. The SMILES string of the molecule is COc1ccc(NC(=O)/C=C/c2ccc(OC(F)F)cc2OC(F)F)cc1OCc1ccncc1. The molecule has 7 nitrogen and oxygen atoms in total. The third kappa shape index (κ3) is 7.91. The van der Waals surface area contributed by atoms with E-state index in [1.165, 1.54) is 19.3 Å². The minimum absolute atomic E-state index is 0.0539. The van der Waals surface area contributed by atoms with Crippen LogP contribution in [0.4, 0.5) is 23.2 Å². The number of carbonyl (C=O) groups is 1. The molecule has 0 aliphatic carbocycles. The summed E-state index contributed by atoms with van der Waals surface area (Å²) in [6.45, 7) is -6.10. The van der Waals surface area contributed by atoms with Gasteiger partial charge >= 0.3 is 13.2 Å². The molecule has 0 spiro atoms. The van der Waals surface area contributed by atoms with Gasteiger partial charge in [0.05, 0.1) is 7.11 Å². The molecule has 3 aromatic rings. The first kappa shape index (κ1) is 25.3. The fourth-order valence-corrected chi connectivity index (χ4v) is 2.88. The number of rotatable bonds is 11. The highest BCUT2D eigenvalue weighted by molar-refractivity contribution is 6.02. The van der Waals surface area contributed by atoms with E-state index >= 15 is 0 Å². The molecule has 1 N–H and O–H groups in total. The Morgan fingerprint density at radius 1 is 0.943 bits per heavy atom. The van der Waals surface area contributed by atoms with E-state index in [4.69, 9.17) is 9.47 Å². The summed E-state index contributed by atoms with van der Waals surface area (Å²) in [6.07, 6.45) is 5.54. The molecule has 3 rings (SSSR count). The first-order valence-corrected chi connectivity index (χ1v) is 10.1. The molecular weight excluding hydrogens is 472 g/mol. The first-order valence-electron chi connectivity index (χ1n) is 10.1. The predicted octanol–water partition coefficient (Wildman–Crippen LogP) is 5.52. The van der Waals surface area contributed by atoms with Gasteiger partial charge in [-0.15, -0.1) is 0 Å². The van der Waals surface area contributed by atoms with E-state index in [9.17, 15) is 22.4 Å². The Morgan fingerprint density at radius 2 is 1.69 bits per heavy atom. The zero-order valence-electron chi connectivity index (χ0n) is 18.3. The van der Waals surface area contributed by atoms with Crippen molar-refractivity contribution in [3.8, 4) is 23.0 Å². The molecule has 0 fully saturated rings. The smallest absolute Gasteiger partial charge is 0.387 e. The number of halogens is 4. The molecule has 1 aromatic heterocycles. The third-order valence-electron chi connectivity index (χ3n) is 4.42. The molecular formula is C24H20F4N2O5. The van der Waals surface area contributed by atoms with Crippen molar-refractivity contribution in [3.05, 3.63) is 78.1 Å². The second kappa shape index (κ2) is 12.3. The van der Waals surface area contributed by atoms with Crippen LogP contribution in [0.3, 0.4) is 0 Å². The minimum atomic E-state index is -3.21. The van der Waals surface area contributed by atoms with E-state index in [1.807, 2.05) is 0 Å². The van der Waals surface area contributed by atoms with E-state index < -0.39 is 24.9 Å². The monoisotopic (exact) mass is 492 g/mol. The lowest BCUT2D eigenvalue weighted by atomic mass is 10.1. The van der Waals surface area contributed by atoms with Crippen molar-refractivity contribution in [2.45, 2.75) is 19.8 Å². The Morgan fingerprint density at radius 3 is 2.37 bits per heavy atom. The summed E-state index contributed by atoms with van der Waals surface area (Å²) in [6, 6.07) is 11.6. The molecule has 184 valence electrons. The molecule has 0 saturated heterocycles. The first-order chi connectivity index (χ1) is 16.8. The molecule has 0 bridgehead atoms. The van der Waals surface area contributed by atoms with Crippen LogP contribution in [0.1, 0.15) is 11.1 Å². The van der Waals surface area contributed by atoms with E-state index in [0.717, 1.165) is 23.8 Å². The topological polar surface area (TPSA) is 78.9 Å². The van der Waals surface area contributed by atoms with Crippen LogP contribution in [0.5, 0.6) is 23.0 Å². The van der Waals surface area contributed by atoms with Crippen molar-refractivity contribution in [2.24, 2.45) is 0 Å². The van der Waals surface area contributed by atoms with Crippen LogP contribution in [0.2, 0.25) is 0 Å². The van der Waals surface area contributed by atoms with E-state index in [1.54, 1.807) is 42.7 Å². The normalized spacial score (nSPS) is 11.1. The Labute approximate surface area is 197 Å². The van der Waals surface area contributed by atoms with Gasteiger partial charge in [-0.3, -0.25) is 9.78 Å². The van der Waals surface area contributed by atoms with Crippen LogP contribution in [-0.4, -0.2) is 31.2 Å². The summed E-state index contributed by atoms with van der Waals surface area (Å²) in [4.78, 5) is 16.3. The number of nitrogens with zero attached hydrogens (tertiary/aromatic N) is 1. The molecule has 0 aliphatic rings. The van der Waals surface area contributed by atoms with Crippen molar-refractivity contribution >= 4 is 17.7 Å². The fourth-order valence-electron chi connectivity index (χ4n) is 2.88. The second-order valence-electron chi connectivity index (χ2n) is 6.79. The molecule has 0 saturated carbocycles. The average Bonchev–Trinajstić information content (AvgIpc) is 2.82. The number of anilines is 1. The lowest BCUT2D eigenvalue weighted by Gasteiger charge is -2.13. The molecule has 0 radical (unpaired) electrons. The van der Waals surface area contributed by atoms with Crippen LogP contribution in [0.25, 0.3) is 6.08 Å². The number of amides is 1. The number of hydrogen-bond acceptors (Lipinski definition) is 6. The van der Waals surface area contributed by atoms with E-state index in [0.29, 0.717) is 17.2 Å². The molecule has 11 heteroatoms. The van der Waals surface area contributed by atoms with Gasteiger partial charge in [-0.05, 0) is 48.0 Å². The number of carbonyl (C=O) groups excluding carboxylic acids is 1. The zero-order valence-corrected chi connectivity index (χ0v) is 18.3. The number of hydrogen-bond donors (Lipinski definition) is 1. The van der Waals surface area contributed by atoms with Gasteiger partial charge in [0.2, 0.25) is 5.91 Å². The maximum Gasteiger partial charge on any atom is 0.387 e. The number of ether oxygens (including phenoxy) is 4. The summed E-state index contributed by atoms with van der Waals surface area (Å²) in [7, 11) is 1.48. The van der Waals surface area contributed by atoms with Crippen molar-refractivity contribution < 1.29 is 41.3 Å². The summed E-state index contributed by atoms with van der Waals surface area (Å²) in [5.41, 5.74) is 1.32. The average molecular weight is 492 g/mol. The number of nitrogens with one attached hydrogen (secondary N) is 1. The van der Waals surface area contributed by atoms with Crippen LogP contribution >= 0.6 is 0 Å². The van der Waals surface area contributed by atoms with Crippen molar-refractivity contribution in [3.63, 3.8) is 0 Å². The standard InChI is InChI=1S/C24H20F4N2O5/c1-32-19-6-4-17(12-21(19)33-14-15-8-10-29-11-9-15)30-22(31)7-3-16-2-5-18(34-23(25)26)13-20(16)35-24(27)28/h2-13,23-24H,14H2,1H3,(H,30,31)/b7-3+. The highest BCUT2D eigenvalue weighted by atomic mass is 19.3. The van der Waals surface area contributed by atoms with E-state index in [2.05, 4.69) is 19.8 Å². The molecule has 0 atom stereocenters. The number of aromatic nitrogens is 1. The molecule has 35 heavy (non-hydrogen) atoms. The summed E-state index contributed by atoms with van der Waals surface area (Å²) in [5, 5.41) is 2.62. The Bertz CT molecular complexity index is 1160. The summed E-state index contributed by atoms with van der Waals surface area (Å²) >= 11 is 0. The van der Waals surface area contributed by atoms with E-state index in [-0.39, 0.29) is 17.9 Å². The summed E-state index contributed by atoms with van der Waals surface area (Å²) in [5.74, 6) is -0.555. The molecule has 1 amide bonds. The fraction of sp³-hybridized carbons (Fsp3) is 0.167. The maximum atomic E-state index is 12.7. The highest BCUT2D eigenvalue weighted by Gasteiger charge is 2.13. The minimum Gasteiger partial charge on any atom is -0.493 e. The van der Waals surface area contributed by atoms with Gasteiger partial charge in [0.1, 0.15) is 18.1 Å². The van der Waals surface area contributed by atoms with Gasteiger partial charge in [-0.2, -0.15) is 17.6 Å². The maximum absolute atomic E-state index is 12.7. The van der Waals surface area contributed by atoms with Crippen molar-refractivity contribution in [1.29, 1.82) is 0 Å². The highest BCUT2D eigenvalue weighted by Crippen LogP contribution is 2.31. The zero-order chi connectivity index (χ0) is 25.2. The molecule has 0 unspecified atom stereocenters. The third-order valence-corrected chi connectivity index (χ3v) is 4.42. The number of pyridine rings is 1. The summed E-state index contributed by atoms with van der Waals surface area (Å²) < 4.78 is 69.8. The number of benzene rings is 2. The van der Waals surface area contributed by atoms with Crippen LogP contribution in [0.15, 0.2) is 67.0 Å². The van der Waals surface area contributed by atoms with Gasteiger partial charge in [0, 0.05) is 41.9 Å². The van der Waals surface area contributed by atoms with Crippen molar-refractivity contribution in [2.75, 3.05) is 12.4 Å². The quantitative estimate of drug-likeness (QED) is 0.280. The van der Waals surface area contributed by atoms with Gasteiger partial charge in [0.25, 0.3) is 0 Å². The van der Waals surface area contributed by atoms with Gasteiger partial charge in [0.15, 0.2) is 11.5 Å². The second-order valence-corrected chi connectivity index (χ2v) is 6.79. The van der Waals surface area contributed by atoms with Gasteiger partial charge in [-0.1, -0.05) is 0 Å². The van der Waals surface area contributed by atoms with Gasteiger partial charge in [-0.25, -0.2) is 0 Å². The Kier molecular flexibility index (Phi) is 8.88. The Balaban J connectivity index is 1.71. The predicted molar refractivity (Wildman–Crippen MR) is 119 cm³/mol. The van der Waals surface area contributed by atoms with Crippen LogP contribution in [-0.2, 0) is 11.4 Å². The Hall–Kier alpha value is -4.28. The van der Waals surface area contributed by atoms with Crippen molar-refractivity contribution in [1.82, 2.24) is 4.98 Å².